The largest absolute Gasteiger partial charge is 0.456 e. The molecular weight excluding hydrogens is 775 g/mol. The molecule has 298 valence electrons. The van der Waals surface area contributed by atoms with Crippen LogP contribution in [0.3, 0.4) is 0 Å². The van der Waals surface area contributed by atoms with Crippen LogP contribution in [-0.2, 0) is 0 Å². The number of benzene rings is 12. The van der Waals surface area contributed by atoms with Gasteiger partial charge >= 0.3 is 0 Å². The maximum absolute atomic E-state index is 6.45. The SMILES string of the molecule is c1ccc(N(c2ccc(-c3cccc4c3ccc3ccccc34)cc2)c2ccc(-c3cccc4c3ccc3ccccc34)cc2)c(-c2ccc3oc4cc5ccccc5cc4c3c2)c1. The van der Waals surface area contributed by atoms with Crippen LogP contribution in [0.25, 0.3) is 109 Å². The topological polar surface area (TPSA) is 16.4 Å². The minimum absolute atomic E-state index is 0.887. The number of para-hydroxylation sites is 1. The molecule has 0 fully saturated rings. The van der Waals surface area contributed by atoms with Crippen LogP contribution < -0.4 is 4.90 Å². The number of furan rings is 1. The van der Waals surface area contributed by atoms with Crippen molar-refractivity contribution < 1.29 is 4.42 Å². The molecule has 0 N–H and O–H groups in total. The number of fused-ring (bicyclic) bond motifs is 10. The van der Waals surface area contributed by atoms with Gasteiger partial charge in [-0.05, 0) is 136 Å². The predicted molar refractivity (Wildman–Crippen MR) is 272 cm³/mol. The molecule has 0 amide bonds. The zero-order chi connectivity index (χ0) is 42.1. The Hall–Kier alpha value is -8.46. The third-order valence-corrected chi connectivity index (χ3v) is 13.2. The Kier molecular flexibility index (Phi) is 8.25. The zero-order valence-electron chi connectivity index (χ0n) is 34.9. The van der Waals surface area contributed by atoms with Crippen LogP contribution in [0.15, 0.2) is 241 Å². The van der Waals surface area contributed by atoms with Gasteiger partial charge in [-0.3, -0.25) is 0 Å². The van der Waals surface area contributed by atoms with Crippen LogP contribution in [0.2, 0.25) is 0 Å². The lowest BCUT2D eigenvalue weighted by Gasteiger charge is -2.28. The molecule has 2 nitrogen and oxygen atoms in total. The van der Waals surface area contributed by atoms with Crippen molar-refractivity contribution in [1.82, 2.24) is 0 Å². The van der Waals surface area contributed by atoms with E-state index in [0.717, 1.165) is 50.1 Å². The molecule has 0 spiro atoms. The molecule has 13 aromatic rings. The van der Waals surface area contributed by atoms with E-state index >= 15 is 0 Å². The monoisotopic (exact) mass is 813 g/mol. The number of nitrogens with zero attached hydrogens (tertiary/aromatic N) is 1. The van der Waals surface area contributed by atoms with Gasteiger partial charge < -0.3 is 9.32 Å². The summed E-state index contributed by atoms with van der Waals surface area (Å²) in [5.74, 6) is 0. The lowest BCUT2D eigenvalue weighted by atomic mass is 9.94. The summed E-state index contributed by atoms with van der Waals surface area (Å²) >= 11 is 0. The fourth-order valence-corrected chi connectivity index (χ4v) is 10.1. The summed E-state index contributed by atoms with van der Waals surface area (Å²) < 4.78 is 6.45. The Morgan fingerprint density at radius 3 is 1.33 bits per heavy atom. The van der Waals surface area contributed by atoms with E-state index in [4.69, 9.17) is 4.42 Å². The van der Waals surface area contributed by atoms with Crippen molar-refractivity contribution in [2.45, 2.75) is 0 Å². The van der Waals surface area contributed by atoms with Gasteiger partial charge in [0.1, 0.15) is 11.2 Å². The molecule has 0 saturated carbocycles. The average molecular weight is 814 g/mol. The average Bonchev–Trinajstić information content (AvgIpc) is 3.72. The minimum atomic E-state index is 0.887. The van der Waals surface area contributed by atoms with Crippen LogP contribution in [0.1, 0.15) is 0 Å². The molecule has 0 saturated heterocycles. The molecule has 13 rings (SSSR count). The summed E-state index contributed by atoms with van der Waals surface area (Å²) in [5.41, 5.74) is 12.1. The summed E-state index contributed by atoms with van der Waals surface area (Å²) in [6.45, 7) is 0. The first-order valence-electron chi connectivity index (χ1n) is 22.0. The molecule has 0 aliphatic carbocycles. The maximum atomic E-state index is 6.45. The fraction of sp³-hybridized carbons (Fsp3) is 0. The molecule has 0 atom stereocenters. The summed E-state index contributed by atoms with van der Waals surface area (Å²) in [5, 5.41) is 14.7. The van der Waals surface area contributed by atoms with Crippen LogP contribution in [0.5, 0.6) is 0 Å². The standard InChI is InChI=1S/C62H39NO/c1-2-14-45-39-62-59(37-44(45)13-1)58-38-46(29-36-61(58)64-62)53-17-7-8-22-60(53)63(47-30-23-42(24-31-47)51-18-9-20-54-49-15-5-3-11-40(49)27-34-56(51)54)48-32-25-43(26-33-48)52-19-10-21-55-50-16-6-4-12-41(50)28-35-57(52)55/h1-39H. The van der Waals surface area contributed by atoms with E-state index in [1.807, 2.05) is 0 Å². The minimum Gasteiger partial charge on any atom is -0.456 e. The Morgan fingerprint density at radius 2 is 0.719 bits per heavy atom. The molecule has 0 unspecified atom stereocenters. The van der Waals surface area contributed by atoms with Crippen molar-refractivity contribution in [2.24, 2.45) is 0 Å². The molecule has 0 bridgehead atoms. The summed E-state index contributed by atoms with van der Waals surface area (Å²) in [4.78, 5) is 2.40. The van der Waals surface area contributed by atoms with E-state index < -0.39 is 0 Å². The first-order chi connectivity index (χ1) is 31.7. The molecule has 12 aromatic carbocycles. The van der Waals surface area contributed by atoms with Gasteiger partial charge in [-0.15, -0.1) is 0 Å². The molecule has 0 radical (unpaired) electrons. The van der Waals surface area contributed by atoms with E-state index in [0.29, 0.717) is 0 Å². The third-order valence-electron chi connectivity index (χ3n) is 13.2. The second-order valence-electron chi connectivity index (χ2n) is 16.8. The normalized spacial score (nSPS) is 11.8. The number of rotatable bonds is 6. The summed E-state index contributed by atoms with van der Waals surface area (Å²) in [7, 11) is 0. The Labute approximate surface area is 370 Å². The van der Waals surface area contributed by atoms with E-state index in [1.165, 1.54) is 76.1 Å². The van der Waals surface area contributed by atoms with E-state index in [9.17, 15) is 0 Å². The second-order valence-corrected chi connectivity index (χ2v) is 16.8. The van der Waals surface area contributed by atoms with Gasteiger partial charge in [-0.25, -0.2) is 0 Å². The molecule has 1 aromatic heterocycles. The Balaban J connectivity index is 0.957. The molecule has 0 aliphatic rings. The Bertz CT molecular complexity index is 3790. The Morgan fingerprint density at radius 1 is 0.250 bits per heavy atom. The van der Waals surface area contributed by atoms with Crippen molar-refractivity contribution in [3.63, 3.8) is 0 Å². The van der Waals surface area contributed by atoms with Crippen LogP contribution >= 0.6 is 0 Å². The van der Waals surface area contributed by atoms with Crippen molar-refractivity contribution in [1.29, 1.82) is 0 Å². The summed E-state index contributed by atoms with van der Waals surface area (Å²) in [6, 6.07) is 86.2. The summed E-state index contributed by atoms with van der Waals surface area (Å²) in [6.07, 6.45) is 0. The number of hydrogen-bond acceptors (Lipinski definition) is 2. The molecule has 64 heavy (non-hydrogen) atoms. The number of hydrogen-bond donors (Lipinski definition) is 0. The van der Waals surface area contributed by atoms with Crippen molar-refractivity contribution >= 4 is 92.9 Å². The lowest BCUT2D eigenvalue weighted by Crippen LogP contribution is -2.11. The van der Waals surface area contributed by atoms with Gasteiger partial charge in [0.2, 0.25) is 0 Å². The quantitative estimate of drug-likeness (QED) is 0.156. The maximum Gasteiger partial charge on any atom is 0.136 e. The first-order valence-corrected chi connectivity index (χ1v) is 22.0. The van der Waals surface area contributed by atoms with Gasteiger partial charge in [0.25, 0.3) is 0 Å². The highest BCUT2D eigenvalue weighted by Crippen LogP contribution is 2.44. The highest BCUT2D eigenvalue weighted by atomic mass is 16.3. The van der Waals surface area contributed by atoms with Crippen molar-refractivity contribution in [2.75, 3.05) is 4.90 Å². The van der Waals surface area contributed by atoms with Crippen molar-refractivity contribution in [3.05, 3.63) is 237 Å². The van der Waals surface area contributed by atoms with Gasteiger partial charge in [0.05, 0.1) is 5.69 Å². The van der Waals surface area contributed by atoms with Gasteiger partial charge in [-0.1, -0.05) is 182 Å². The van der Waals surface area contributed by atoms with Gasteiger partial charge in [-0.2, -0.15) is 0 Å². The van der Waals surface area contributed by atoms with Gasteiger partial charge in [0, 0.05) is 27.7 Å². The number of anilines is 3. The molecule has 0 aliphatic heterocycles. The highest BCUT2D eigenvalue weighted by molar-refractivity contribution is 6.14. The van der Waals surface area contributed by atoms with Crippen molar-refractivity contribution in [3.8, 4) is 33.4 Å². The third kappa shape index (κ3) is 5.88. The highest BCUT2D eigenvalue weighted by Gasteiger charge is 2.20. The molecular formula is C62H39NO. The smallest absolute Gasteiger partial charge is 0.136 e. The lowest BCUT2D eigenvalue weighted by molar-refractivity contribution is 0.669. The van der Waals surface area contributed by atoms with Crippen LogP contribution in [-0.4, -0.2) is 0 Å². The van der Waals surface area contributed by atoms with E-state index in [-0.39, 0.29) is 0 Å². The zero-order valence-corrected chi connectivity index (χ0v) is 34.9. The van der Waals surface area contributed by atoms with E-state index in [2.05, 4.69) is 241 Å². The molecule has 2 heteroatoms. The molecule has 1 heterocycles. The second kappa shape index (κ2) is 14.6. The predicted octanol–water partition coefficient (Wildman–Crippen LogP) is 17.8. The first kappa shape index (κ1) is 36.2. The van der Waals surface area contributed by atoms with Crippen LogP contribution in [0.4, 0.5) is 17.1 Å². The van der Waals surface area contributed by atoms with E-state index in [1.54, 1.807) is 0 Å². The van der Waals surface area contributed by atoms with Gasteiger partial charge in [0.15, 0.2) is 0 Å². The fourth-order valence-electron chi connectivity index (χ4n) is 10.1. The van der Waals surface area contributed by atoms with Crippen LogP contribution in [0, 0.1) is 0 Å².